The van der Waals surface area contributed by atoms with Crippen LogP contribution in [0.1, 0.15) is 39.5 Å². The van der Waals surface area contributed by atoms with Gasteiger partial charge in [0.15, 0.2) is 0 Å². The molecule has 6 unspecified atom stereocenters. The average molecular weight is 222 g/mol. The number of carbonyl (C=O) groups is 1. The summed E-state index contributed by atoms with van der Waals surface area (Å²) in [6.45, 7) is 5.55. The minimum Gasteiger partial charge on any atom is -0.465 e. The van der Waals surface area contributed by atoms with E-state index in [9.17, 15) is 4.79 Å². The van der Waals surface area contributed by atoms with E-state index >= 15 is 0 Å². The van der Waals surface area contributed by atoms with Gasteiger partial charge in [0.25, 0.3) is 0 Å². The molecule has 0 spiro atoms. The van der Waals surface area contributed by atoms with Crippen molar-refractivity contribution in [2.75, 3.05) is 6.61 Å². The Labute approximate surface area is 97.7 Å². The van der Waals surface area contributed by atoms with Crippen LogP contribution in [0.25, 0.3) is 0 Å². The lowest BCUT2D eigenvalue weighted by Gasteiger charge is -2.37. The van der Waals surface area contributed by atoms with Gasteiger partial charge >= 0.3 is 5.97 Å². The SMILES string of the molecule is CC1C2CC(C3CCC(=O)OC3)C(C2)C1C. The van der Waals surface area contributed by atoms with Crippen molar-refractivity contribution >= 4 is 5.97 Å². The molecule has 0 aromatic carbocycles. The van der Waals surface area contributed by atoms with Gasteiger partial charge in [0.05, 0.1) is 6.61 Å². The molecule has 0 N–H and O–H groups in total. The smallest absolute Gasteiger partial charge is 0.305 e. The second-order valence-electron chi connectivity index (χ2n) is 6.26. The van der Waals surface area contributed by atoms with Crippen molar-refractivity contribution < 1.29 is 9.53 Å². The van der Waals surface area contributed by atoms with Gasteiger partial charge in [-0.2, -0.15) is 0 Å². The van der Waals surface area contributed by atoms with Crippen molar-refractivity contribution in [3.8, 4) is 0 Å². The minimum absolute atomic E-state index is 0.0147. The third kappa shape index (κ3) is 1.49. The molecule has 1 heterocycles. The molecule has 2 heteroatoms. The third-order valence-corrected chi connectivity index (χ3v) is 5.73. The largest absolute Gasteiger partial charge is 0.465 e. The summed E-state index contributed by atoms with van der Waals surface area (Å²) in [5.74, 6) is 5.23. The Morgan fingerprint density at radius 3 is 2.38 bits per heavy atom. The summed E-state index contributed by atoms with van der Waals surface area (Å²) in [6, 6.07) is 0. The number of rotatable bonds is 1. The van der Waals surface area contributed by atoms with Crippen LogP contribution in [-0.4, -0.2) is 12.6 Å². The molecular formula is C14H22O2. The number of hydrogen-bond acceptors (Lipinski definition) is 2. The van der Waals surface area contributed by atoms with Gasteiger partial charge in [-0.05, 0) is 54.8 Å². The number of fused-ring (bicyclic) bond motifs is 2. The number of ether oxygens (including phenoxy) is 1. The molecule has 3 aliphatic rings. The molecule has 0 radical (unpaired) electrons. The molecule has 1 aliphatic heterocycles. The van der Waals surface area contributed by atoms with E-state index in [0.717, 1.165) is 36.0 Å². The normalized spacial score (nSPS) is 51.8. The van der Waals surface area contributed by atoms with E-state index in [1.165, 1.54) is 12.8 Å². The molecule has 6 atom stereocenters. The second kappa shape index (κ2) is 3.75. The van der Waals surface area contributed by atoms with Crippen LogP contribution in [0.5, 0.6) is 0 Å². The molecule has 2 aliphatic carbocycles. The molecule has 0 amide bonds. The van der Waals surface area contributed by atoms with Gasteiger partial charge in [0.2, 0.25) is 0 Å². The van der Waals surface area contributed by atoms with Crippen molar-refractivity contribution in [2.45, 2.75) is 39.5 Å². The van der Waals surface area contributed by atoms with Crippen LogP contribution in [0.3, 0.4) is 0 Å². The summed E-state index contributed by atoms with van der Waals surface area (Å²) >= 11 is 0. The van der Waals surface area contributed by atoms with Crippen LogP contribution < -0.4 is 0 Å². The van der Waals surface area contributed by atoms with Crippen LogP contribution >= 0.6 is 0 Å². The number of cyclic esters (lactones) is 1. The Balaban J connectivity index is 1.67. The number of carbonyl (C=O) groups excluding carboxylic acids is 1. The van der Waals surface area contributed by atoms with E-state index in [0.29, 0.717) is 18.9 Å². The molecule has 2 nitrogen and oxygen atoms in total. The first-order valence-electron chi connectivity index (χ1n) is 6.82. The van der Waals surface area contributed by atoms with Gasteiger partial charge in [0, 0.05) is 6.42 Å². The third-order valence-electron chi connectivity index (χ3n) is 5.73. The Kier molecular flexibility index (Phi) is 2.49. The Morgan fingerprint density at radius 2 is 1.81 bits per heavy atom. The molecule has 16 heavy (non-hydrogen) atoms. The zero-order valence-electron chi connectivity index (χ0n) is 10.3. The van der Waals surface area contributed by atoms with E-state index < -0.39 is 0 Å². The van der Waals surface area contributed by atoms with Crippen molar-refractivity contribution in [1.82, 2.24) is 0 Å². The van der Waals surface area contributed by atoms with Gasteiger partial charge in [-0.1, -0.05) is 13.8 Å². The minimum atomic E-state index is 0.0147. The van der Waals surface area contributed by atoms with Crippen LogP contribution in [0.4, 0.5) is 0 Å². The molecule has 3 rings (SSSR count). The van der Waals surface area contributed by atoms with E-state index in [1.807, 2.05) is 0 Å². The van der Waals surface area contributed by atoms with Crippen molar-refractivity contribution in [3.63, 3.8) is 0 Å². The lowest BCUT2D eigenvalue weighted by molar-refractivity contribution is -0.151. The molecule has 2 bridgehead atoms. The van der Waals surface area contributed by atoms with Crippen LogP contribution in [0.15, 0.2) is 0 Å². The quantitative estimate of drug-likeness (QED) is 0.638. The van der Waals surface area contributed by atoms with Gasteiger partial charge in [-0.25, -0.2) is 0 Å². The lowest BCUT2D eigenvalue weighted by atomic mass is 9.70. The number of esters is 1. The highest BCUT2D eigenvalue weighted by molar-refractivity contribution is 5.69. The zero-order chi connectivity index (χ0) is 11.3. The van der Waals surface area contributed by atoms with E-state index in [2.05, 4.69) is 13.8 Å². The van der Waals surface area contributed by atoms with Gasteiger partial charge in [-0.15, -0.1) is 0 Å². The van der Waals surface area contributed by atoms with E-state index in [4.69, 9.17) is 4.74 Å². The first kappa shape index (κ1) is 10.6. The summed E-state index contributed by atoms with van der Waals surface area (Å²) in [5.41, 5.74) is 0. The highest BCUT2D eigenvalue weighted by Gasteiger charge is 2.51. The molecule has 0 aromatic heterocycles. The topological polar surface area (TPSA) is 26.3 Å². The summed E-state index contributed by atoms with van der Waals surface area (Å²) in [7, 11) is 0. The fourth-order valence-electron chi connectivity index (χ4n) is 4.54. The summed E-state index contributed by atoms with van der Waals surface area (Å²) in [5, 5.41) is 0. The number of hydrogen-bond donors (Lipinski definition) is 0. The molecule has 90 valence electrons. The molecule has 1 saturated heterocycles. The van der Waals surface area contributed by atoms with Crippen LogP contribution in [0.2, 0.25) is 0 Å². The maximum atomic E-state index is 11.1. The fraction of sp³-hybridized carbons (Fsp3) is 0.929. The monoisotopic (exact) mass is 222 g/mol. The Hall–Kier alpha value is -0.530. The highest BCUT2D eigenvalue weighted by atomic mass is 16.5. The fourth-order valence-corrected chi connectivity index (χ4v) is 4.54. The summed E-state index contributed by atoms with van der Waals surface area (Å²) in [6.07, 6.45) is 4.58. The van der Waals surface area contributed by atoms with Crippen LogP contribution in [0, 0.1) is 35.5 Å². The average Bonchev–Trinajstić information content (AvgIpc) is 2.82. The lowest BCUT2D eigenvalue weighted by Crippen LogP contribution is -2.34. The Morgan fingerprint density at radius 1 is 1.06 bits per heavy atom. The predicted octanol–water partition coefficient (Wildman–Crippen LogP) is 2.87. The highest BCUT2D eigenvalue weighted by Crippen LogP contribution is 2.57. The maximum absolute atomic E-state index is 11.1. The standard InChI is InChI=1S/C14H22O2/c1-8-9(2)12-5-11(8)6-13(12)10-3-4-14(15)16-7-10/h8-13H,3-7H2,1-2H3. The maximum Gasteiger partial charge on any atom is 0.305 e. The summed E-state index contributed by atoms with van der Waals surface area (Å²) in [4.78, 5) is 11.1. The van der Waals surface area contributed by atoms with E-state index in [-0.39, 0.29) is 5.97 Å². The molecular weight excluding hydrogens is 200 g/mol. The predicted molar refractivity (Wildman–Crippen MR) is 61.7 cm³/mol. The first-order chi connectivity index (χ1) is 7.66. The van der Waals surface area contributed by atoms with Crippen molar-refractivity contribution in [3.05, 3.63) is 0 Å². The van der Waals surface area contributed by atoms with Gasteiger partial charge < -0.3 is 4.74 Å². The first-order valence-corrected chi connectivity index (χ1v) is 6.82. The Bertz CT molecular complexity index is 287. The van der Waals surface area contributed by atoms with Gasteiger partial charge in [0.1, 0.15) is 0 Å². The van der Waals surface area contributed by atoms with Crippen molar-refractivity contribution in [2.24, 2.45) is 35.5 Å². The molecule has 0 aromatic rings. The molecule has 2 saturated carbocycles. The van der Waals surface area contributed by atoms with E-state index in [1.54, 1.807) is 0 Å². The second-order valence-corrected chi connectivity index (χ2v) is 6.26. The van der Waals surface area contributed by atoms with Crippen molar-refractivity contribution in [1.29, 1.82) is 0 Å². The van der Waals surface area contributed by atoms with Gasteiger partial charge in [-0.3, -0.25) is 4.79 Å². The molecule has 3 fully saturated rings. The van der Waals surface area contributed by atoms with Crippen LogP contribution in [-0.2, 0) is 9.53 Å². The zero-order valence-corrected chi connectivity index (χ0v) is 10.3. The summed E-state index contributed by atoms with van der Waals surface area (Å²) < 4.78 is 5.23.